The van der Waals surface area contributed by atoms with Gasteiger partial charge in [-0.2, -0.15) is 0 Å². The summed E-state index contributed by atoms with van der Waals surface area (Å²) in [5.74, 6) is -2.88. The normalized spacial score (nSPS) is 14.0. The topological polar surface area (TPSA) is 119 Å². The zero-order chi connectivity index (χ0) is 31.4. The molecule has 0 aliphatic heterocycles. The Morgan fingerprint density at radius 3 is 1.93 bits per heavy atom. The van der Waals surface area contributed by atoms with Gasteiger partial charge in [-0.3, -0.25) is 14.4 Å². The summed E-state index contributed by atoms with van der Waals surface area (Å²) >= 11 is 0. The highest BCUT2D eigenvalue weighted by Gasteiger charge is 2.34. The molecular formula is C32H45F2N3O5. The number of carbonyl (C=O) groups excluding carboxylic acids is 3. The van der Waals surface area contributed by atoms with Crippen molar-refractivity contribution in [2.24, 2.45) is 0 Å². The molecule has 0 bridgehead atoms. The summed E-state index contributed by atoms with van der Waals surface area (Å²) in [7, 11) is 0. The first-order chi connectivity index (χ1) is 19.9. The van der Waals surface area contributed by atoms with Crippen molar-refractivity contribution in [3.05, 3.63) is 70.3 Å². The molecule has 42 heavy (non-hydrogen) atoms. The average molecular weight is 590 g/mol. The molecule has 0 unspecified atom stereocenters. The van der Waals surface area contributed by atoms with Gasteiger partial charge in [-0.05, 0) is 74.1 Å². The highest BCUT2D eigenvalue weighted by atomic mass is 19.1. The van der Waals surface area contributed by atoms with E-state index in [9.17, 15) is 33.4 Å². The van der Waals surface area contributed by atoms with Crippen LogP contribution in [0.4, 0.5) is 8.78 Å². The molecule has 0 aliphatic carbocycles. The van der Waals surface area contributed by atoms with Crippen LogP contribution in [0.1, 0.15) is 91.6 Å². The first kappa shape index (κ1) is 34.8. The van der Waals surface area contributed by atoms with Gasteiger partial charge in [0.2, 0.25) is 5.91 Å². The number of aliphatic hydroxyl groups is 2. The van der Waals surface area contributed by atoms with Crippen LogP contribution in [-0.2, 0) is 11.2 Å². The van der Waals surface area contributed by atoms with Crippen LogP contribution in [0.3, 0.4) is 0 Å². The number of halogens is 2. The molecule has 0 aliphatic rings. The lowest BCUT2D eigenvalue weighted by molar-refractivity contribution is -0.121. The molecular weight excluding hydrogens is 544 g/mol. The molecule has 0 saturated carbocycles. The number of aryl methyl sites for hydroxylation is 1. The van der Waals surface area contributed by atoms with Gasteiger partial charge in [-0.25, -0.2) is 8.78 Å². The van der Waals surface area contributed by atoms with Crippen molar-refractivity contribution >= 4 is 17.7 Å². The van der Waals surface area contributed by atoms with Crippen molar-refractivity contribution in [3.8, 4) is 0 Å². The maximum absolute atomic E-state index is 14.0. The third-order valence-corrected chi connectivity index (χ3v) is 6.99. The zero-order valence-electron chi connectivity index (χ0n) is 25.3. The van der Waals surface area contributed by atoms with Crippen molar-refractivity contribution in [1.82, 2.24) is 15.5 Å². The van der Waals surface area contributed by atoms with E-state index < -0.39 is 47.7 Å². The largest absolute Gasteiger partial charge is 0.388 e. The van der Waals surface area contributed by atoms with E-state index in [0.29, 0.717) is 43.1 Å². The van der Waals surface area contributed by atoms with Gasteiger partial charge in [0.15, 0.2) is 0 Å². The van der Waals surface area contributed by atoms with E-state index in [-0.39, 0.29) is 23.5 Å². The van der Waals surface area contributed by atoms with Crippen LogP contribution >= 0.6 is 0 Å². The Kier molecular flexibility index (Phi) is 14.0. The second-order valence-corrected chi connectivity index (χ2v) is 10.9. The third kappa shape index (κ3) is 10.5. The van der Waals surface area contributed by atoms with Crippen LogP contribution in [0, 0.1) is 18.6 Å². The van der Waals surface area contributed by atoms with Crippen molar-refractivity contribution in [2.75, 3.05) is 13.1 Å². The molecule has 0 saturated heterocycles. The van der Waals surface area contributed by atoms with E-state index >= 15 is 0 Å². The van der Waals surface area contributed by atoms with E-state index in [4.69, 9.17) is 0 Å². The van der Waals surface area contributed by atoms with Crippen LogP contribution in [0.15, 0.2) is 36.4 Å². The molecule has 4 atom stereocenters. The van der Waals surface area contributed by atoms with Gasteiger partial charge in [0.1, 0.15) is 23.8 Å². The molecule has 0 spiro atoms. The van der Waals surface area contributed by atoms with Crippen LogP contribution in [0.2, 0.25) is 0 Å². The molecule has 4 N–H and O–H groups in total. The van der Waals surface area contributed by atoms with Gasteiger partial charge < -0.3 is 25.7 Å². The summed E-state index contributed by atoms with van der Waals surface area (Å²) in [6, 6.07) is 5.66. The van der Waals surface area contributed by atoms with E-state index in [1.54, 1.807) is 24.0 Å². The predicted molar refractivity (Wildman–Crippen MR) is 158 cm³/mol. The highest BCUT2D eigenvalue weighted by molar-refractivity contribution is 6.00. The predicted octanol–water partition coefficient (Wildman–Crippen LogP) is 4.29. The van der Waals surface area contributed by atoms with Crippen LogP contribution in [-0.4, -0.2) is 70.2 Å². The number of hydrogen-bond acceptors (Lipinski definition) is 5. The fourth-order valence-electron chi connectivity index (χ4n) is 5.06. The average Bonchev–Trinajstić information content (AvgIpc) is 2.92. The highest BCUT2D eigenvalue weighted by Crippen LogP contribution is 2.19. The molecule has 0 heterocycles. The Morgan fingerprint density at radius 1 is 0.810 bits per heavy atom. The van der Waals surface area contributed by atoms with Gasteiger partial charge in [0, 0.05) is 37.2 Å². The quantitative estimate of drug-likeness (QED) is 0.233. The van der Waals surface area contributed by atoms with E-state index in [2.05, 4.69) is 10.6 Å². The van der Waals surface area contributed by atoms with Crippen molar-refractivity contribution in [2.45, 2.75) is 97.4 Å². The number of hydrogen-bond donors (Lipinski definition) is 4. The van der Waals surface area contributed by atoms with Gasteiger partial charge in [-0.1, -0.05) is 33.6 Å². The number of rotatable bonds is 16. The maximum Gasteiger partial charge on any atom is 0.253 e. The van der Waals surface area contributed by atoms with E-state index in [1.165, 1.54) is 13.0 Å². The van der Waals surface area contributed by atoms with Gasteiger partial charge in [-0.15, -0.1) is 0 Å². The van der Waals surface area contributed by atoms with Crippen LogP contribution in [0.25, 0.3) is 0 Å². The second-order valence-electron chi connectivity index (χ2n) is 10.9. The Labute approximate surface area is 247 Å². The third-order valence-electron chi connectivity index (χ3n) is 6.99. The molecule has 0 aromatic heterocycles. The summed E-state index contributed by atoms with van der Waals surface area (Å²) in [6.07, 6.45) is 0.0743. The zero-order valence-corrected chi connectivity index (χ0v) is 25.3. The fourth-order valence-corrected chi connectivity index (χ4v) is 5.06. The van der Waals surface area contributed by atoms with Crippen molar-refractivity contribution in [1.29, 1.82) is 0 Å². The first-order valence-electron chi connectivity index (χ1n) is 14.7. The lowest BCUT2D eigenvalue weighted by Crippen LogP contribution is -2.56. The number of amides is 3. The van der Waals surface area contributed by atoms with E-state index in [1.807, 2.05) is 20.8 Å². The maximum atomic E-state index is 14.0. The number of nitrogens with one attached hydrogen (secondary N) is 2. The number of unbranched alkanes of at least 4 members (excludes halogenated alkanes) is 1. The SMILES string of the molecule is CCCC[C@@H](NC(C)=O)[C@@H](O)[C@H](O)[C@H](Cc1cc(F)cc(F)c1)NC(=O)c1cc(C)cc(C(=O)N(CCC)CCC)c1. The molecule has 2 aromatic carbocycles. The molecule has 0 fully saturated rings. The van der Waals surface area contributed by atoms with Crippen molar-refractivity contribution in [3.63, 3.8) is 0 Å². The number of carbonyl (C=O) groups is 3. The molecule has 232 valence electrons. The number of nitrogens with zero attached hydrogens (tertiary/aromatic N) is 1. The summed E-state index contributed by atoms with van der Waals surface area (Å²) in [4.78, 5) is 40.3. The summed E-state index contributed by atoms with van der Waals surface area (Å²) in [6.45, 7) is 10.1. The summed E-state index contributed by atoms with van der Waals surface area (Å²) < 4.78 is 28.0. The lowest BCUT2D eigenvalue weighted by atomic mass is 9.91. The Bertz CT molecular complexity index is 1180. The van der Waals surface area contributed by atoms with Gasteiger partial charge in [0.25, 0.3) is 11.8 Å². The fraction of sp³-hybridized carbons (Fsp3) is 0.531. The number of aliphatic hydroxyl groups excluding tert-OH is 2. The van der Waals surface area contributed by atoms with Gasteiger partial charge >= 0.3 is 0 Å². The molecule has 2 rings (SSSR count). The molecule has 2 aromatic rings. The standard InChI is InChI=1S/C32H45F2N3O5/c1-6-9-10-27(35-21(5)38)29(39)30(40)28(17-22-15-25(33)19-26(34)16-22)36-31(41)23-13-20(4)14-24(18-23)32(42)37(11-7-2)12-8-3/h13-16,18-19,27-30,39-40H,6-12,17H2,1-5H3,(H,35,38)(H,36,41)/t27-,28+,29-,30-/m1/s1. The van der Waals surface area contributed by atoms with Crippen molar-refractivity contribution < 1.29 is 33.4 Å². The van der Waals surface area contributed by atoms with Crippen LogP contribution in [0.5, 0.6) is 0 Å². The molecule has 8 nitrogen and oxygen atoms in total. The van der Waals surface area contributed by atoms with Crippen LogP contribution < -0.4 is 10.6 Å². The minimum Gasteiger partial charge on any atom is -0.388 e. The summed E-state index contributed by atoms with van der Waals surface area (Å²) in [5, 5.41) is 27.7. The second kappa shape index (κ2) is 16.9. The molecule has 0 radical (unpaired) electrons. The Balaban J connectivity index is 2.43. The van der Waals surface area contributed by atoms with Gasteiger partial charge in [0.05, 0.1) is 12.1 Å². The molecule has 3 amide bonds. The minimum atomic E-state index is -1.61. The lowest BCUT2D eigenvalue weighted by Gasteiger charge is -2.33. The smallest absolute Gasteiger partial charge is 0.253 e. The summed E-state index contributed by atoms with van der Waals surface area (Å²) in [5.41, 5.74) is 1.33. The first-order valence-corrected chi connectivity index (χ1v) is 14.7. The monoisotopic (exact) mass is 589 g/mol. The Morgan fingerprint density at radius 2 is 1.38 bits per heavy atom. The molecule has 10 heteroatoms. The number of benzene rings is 2. The van der Waals surface area contributed by atoms with E-state index in [0.717, 1.165) is 31.4 Å². The minimum absolute atomic E-state index is 0.156. The Hall–Kier alpha value is -3.37.